The Hall–Kier alpha value is -0.730. The Morgan fingerprint density at radius 3 is 2.64 bits per heavy atom. The maximum atomic E-state index is 5.85. The molecule has 0 atom stereocenters. The van der Waals surface area contributed by atoms with Crippen LogP contribution in [-0.2, 0) is 0 Å². The number of benzene rings is 1. The van der Waals surface area contributed by atoms with Crippen molar-refractivity contribution in [1.29, 1.82) is 0 Å². The molecule has 0 aromatic heterocycles. The van der Waals surface area contributed by atoms with Gasteiger partial charge < -0.3 is 4.90 Å². The van der Waals surface area contributed by atoms with Crippen LogP contribution in [0, 0.1) is 0 Å². The minimum atomic E-state index is 0.799. The van der Waals surface area contributed by atoms with E-state index in [0.717, 1.165) is 37.6 Å². The van der Waals surface area contributed by atoms with E-state index in [4.69, 9.17) is 11.6 Å². The molecule has 0 bridgehead atoms. The Balaban J connectivity index is 2.08. The minimum absolute atomic E-state index is 0.799. The molecule has 1 aromatic rings. The predicted molar refractivity (Wildman–Crippen MR) is 60.2 cm³/mol. The lowest BCUT2D eigenvalue weighted by atomic mass is 10.2. The standard InChI is InChI=1S/C11H14ClN2/c12-10-2-4-11(5-3-10)14-8-1-6-13-7-9-14/h2-5H,1,6-9H2. The smallest absolute Gasteiger partial charge is 0.0407 e. The van der Waals surface area contributed by atoms with Gasteiger partial charge in [-0.25, -0.2) is 5.32 Å². The first-order chi connectivity index (χ1) is 6.86. The highest BCUT2D eigenvalue weighted by molar-refractivity contribution is 6.30. The molecule has 0 unspecified atom stereocenters. The molecule has 1 aromatic carbocycles. The minimum Gasteiger partial charge on any atom is -0.370 e. The van der Waals surface area contributed by atoms with Crippen molar-refractivity contribution in [3.63, 3.8) is 0 Å². The fourth-order valence-corrected chi connectivity index (χ4v) is 1.82. The first-order valence-corrected chi connectivity index (χ1v) is 5.38. The molecule has 0 amide bonds. The lowest BCUT2D eigenvalue weighted by molar-refractivity contribution is 0.709. The van der Waals surface area contributed by atoms with Crippen molar-refractivity contribution >= 4 is 17.3 Å². The van der Waals surface area contributed by atoms with Crippen molar-refractivity contribution in [2.24, 2.45) is 0 Å². The molecule has 1 saturated heterocycles. The molecule has 2 rings (SSSR count). The van der Waals surface area contributed by atoms with Gasteiger partial charge in [-0.3, -0.25) is 0 Å². The van der Waals surface area contributed by atoms with Crippen LogP contribution < -0.4 is 10.2 Å². The second-order valence-electron chi connectivity index (χ2n) is 3.49. The van der Waals surface area contributed by atoms with Crippen LogP contribution >= 0.6 is 11.6 Å². The van der Waals surface area contributed by atoms with E-state index in [2.05, 4.69) is 22.3 Å². The summed E-state index contributed by atoms with van der Waals surface area (Å²) in [6, 6.07) is 8.04. The molecule has 0 aliphatic carbocycles. The summed E-state index contributed by atoms with van der Waals surface area (Å²) >= 11 is 5.85. The number of hydrogen-bond donors (Lipinski definition) is 0. The molecule has 75 valence electrons. The Morgan fingerprint density at radius 1 is 1.07 bits per heavy atom. The zero-order valence-corrected chi connectivity index (χ0v) is 8.87. The van der Waals surface area contributed by atoms with E-state index in [0.29, 0.717) is 0 Å². The maximum absolute atomic E-state index is 5.85. The van der Waals surface area contributed by atoms with Crippen LogP contribution in [0.1, 0.15) is 6.42 Å². The number of hydrogen-bond acceptors (Lipinski definition) is 1. The monoisotopic (exact) mass is 209 g/mol. The summed E-state index contributed by atoms with van der Waals surface area (Å²) in [5, 5.41) is 5.20. The average molecular weight is 210 g/mol. The van der Waals surface area contributed by atoms with Crippen molar-refractivity contribution < 1.29 is 0 Å². The van der Waals surface area contributed by atoms with Gasteiger partial charge in [0.2, 0.25) is 0 Å². The second-order valence-corrected chi connectivity index (χ2v) is 3.92. The zero-order valence-electron chi connectivity index (χ0n) is 8.12. The van der Waals surface area contributed by atoms with Crippen LogP contribution in [0.15, 0.2) is 24.3 Å². The van der Waals surface area contributed by atoms with Crippen LogP contribution in [0.5, 0.6) is 0 Å². The van der Waals surface area contributed by atoms with Gasteiger partial charge in [-0.2, -0.15) is 0 Å². The Labute approximate surface area is 89.9 Å². The van der Waals surface area contributed by atoms with E-state index in [1.54, 1.807) is 0 Å². The third-order valence-electron chi connectivity index (χ3n) is 2.46. The molecule has 14 heavy (non-hydrogen) atoms. The van der Waals surface area contributed by atoms with Crippen molar-refractivity contribution in [3.8, 4) is 0 Å². The molecular formula is C11H14ClN2. The van der Waals surface area contributed by atoms with Crippen molar-refractivity contribution in [1.82, 2.24) is 5.32 Å². The Morgan fingerprint density at radius 2 is 1.86 bits per heavy atom. The van der Waals surface area contributed by atoms with Gasteiger partial charge in [-0.1, -0.05) is 11.6 Å². The summed E-state index contributed by atoms with van der Waals surface area (Å²) in [6.07, 6.45) is 1.16. The molecule has 1 radical (unpaired) electrons. The largest absolute Gasteiger partial charge is 0.370 e. The van der Waals surface area contributed by atoms with Gasteiger partial charge in [0.05, 0.1) is 0 Å². The highest BCUT2D eigenvalue weighted by Gasteiger charge is 2.09. The lowest BCUT2D eigenvalue weighted by Gasteiger charge is -2.21. The molecule has 1 aliphatic heterocycles. The van der Waals surface area contributed by atoms with Gasteiger partial charge in [-0.15, -0.1) is 0 Å². The van der Waals surface area contributed by atoms with E-state index in [1.807, 2.05) is 12.1 Å². The third-order valence-corrected chi connectivity index (χ3v) is 2.72. The van der Waals surface area contributed by atoms with Gasteiger partial charge in [0.1, 0.15) is 0 Å². The topological polar surface area (TPSA) is 17.3 Å². The van der Waals surface area contributed by atoms with Crippen LogP contribution in [0.2, 0.25) is 5.02 Å². The Bertz CT molecular complexity index is 276. The first kappa shape index (κ1) is 9.81. The quantitative estimate of drug-likeness (QED) is 0.693. The van der Waals surface area contributed by atoms with E-state index in [9.17, 15) is 0 Å². The summed E-state index contributed by atoms with van der Waals surface area (Å²) in [5.74, 6) is 0. The number of nitrogens with zero attached hydrogens (tertiary/aromatic N) is 2. The van der Waals surface area contributed by atoms with Gasteiger partial charge in [0.25, 0.3) is 0 Å². The third kappa shape index (κ3) is 2.40. The zero-order chi connectivity index (χ0) is 9.80. The van der Waals surface area contributed by atoms with Crippen molar-refractivity contribution in [2.75, 3.05) is 31.1 Å². The average Bonchev–Trinajstić information content (AvgIpc) is 2.47. The Kier molecular flexibility index (Phi) is 3.27. The molecule has 0 N–H and O–H groups in total. The summed E-state index contributed by atoms with van der Waals surface area (Å²) in [5.41, 5.74) is 1.26. The maximum Gasteiger partial charge on any atom is 0.0407 e. The van der Waals surface area contributed by atoms with Crippen LogP contribution in [0.4, 0.5) is 5.69 Å². The van der Waals surface area contributed by atoms with Gasteiger partial charge >= 0.3 is 0 Å². The summed E-state index contributed by atoms with van der Waals surface area (Å²) in [7, 11) is 0. The predicted octanol–water partition coefficient (Wildman–Crippen LogP) is 2.15. The van der Waals surface area contributed by atoms with E-state index < -0.39 is 0 Å². The van der Waals surface area contributed by atoms with Crippen molar-refractivity contribution in [3.05, 3.63) is 29.3 Å². The summed E-state index contributed by atoms with van der Waals surface area (Å²) in [4.78, 5) is 2.37. The van der Waals surface area contributed by atoms with Gasteiger partial charge in [0, 0.05) is 36.9 Å². The van der Waals surface area contributed by atoms with Crippen LogP contribution in [-0.4, -0.2) is 26.2 Å². The van der Waals surface area contributed by atoms with E-state index in [-0.39, 0.29) is 0 Å². The fourth-order valence-electron chi connectivity index (χ4n) is 1.70. The normalized spacial score (nSPS) is 17.9. The fraction of sp³-hybridized carbons (Fsp3) is 0.455. The first-order valence-electron chi connectivity index (χ1n) is 5.00. The highest BCUT2D eigenvalue weighted by Crippen LogP contribution is 2.18. The molecule has 1 heterocycles. The SMILES string of the molecule is Clc1ccc(N2CCC[N]CC2)cc1. The lowest BCUT2D eigenvalue weighted by Crippen LogP contribution is -2.26. The molecule has 3 heteroatoms. The summed E-state index contributed by atoms with van der Waals surface area (Å²) < 4.78 is 0. The second kappa shape index (κ2) is 4.67. The molecule has 0 saturated carbocycles. The van der Waals surface area contributed by atoms with E-state index in [1.165, 1.54) is 5.69 Å². The van der Waals surface area contributed by atoms with Gasteiger partial charge in [-0.05, 0) is 30.7 Å². The van der Waals surface area contributed by atoms with Crippen LogP contribution in [0.25, 0.3) is 0 Å². The van der Waals surface area contributed by atoms with E-state index >= 15 is 0 Å². The number of rotatable bonds is 1. The molecule has 1 aliphatic rings. The number of halogens is 1. The van der Waals surface area contributed by atoms with Crippen LogP contribution in [0.3, 0.4) is 0 Å². The van der Waals surface area contributed by atoms with Gasteiger partial charge in [0.15, 0.2) is 0 Å². The molecule has 2 nitrogen and oxygen atoms in total. The van der Waals surface area contributed by atoms with Crippen molar-refractivity contribution in [2.45, 2.75) is 6.42 Å². The molecule has 1 fully saturated rings. The highest BCUT2D eigenvalue weighted by atomic mass is 35.5. The number of anilines is 1. The molecular weight excluding hydrogens is 196 g/mol. The molecule has 0 spiro atoms. The summed E-state index contributed by atoms with van der Waals surface area (Å²) in [6.45, 7) is 4.08.